The van der Waals surface area contributed by atoms with E-state index in [1.165, 1.54) is 10.9 Å². The van der Waals surface area contributed by atoms with E-state index in [-0.39, 0.29) is 11.2 Å². The van der Waals surface area contributed by atoms with Crippen LogP contribution in [0.15, 0.2) is 30.6 Å². The molecule has 84 valence electrons. The normalized spacial score (nSPS) is 10.6. The molecule has 2 aromatic rings. The maximum absolute atomic E-state index is 11.3. The summed E-state index contributed by atoms with van der Waals surface area (Å²) in [6.45, 7) is 0. The molecule has 0 aliphatic carbocycles. The Bertz CT molecular complexity index is 630. The van der Waals surface area contributed by atoms with Crippen LogP contribution in [-0.2, 0) is 7.05 Å². The summed E-state index contributed by atoms with van der Waals surface area (Å²) in [5, 5.41) is 6.98. The highest BCUT2D eigenvalue weighted by Crippen LogP contribution is 2.26. The second-order valence-corrected chi connectivity index (χ2v) is 4.57. The van der Waals surface area contributed by atoms with Crippen molar-refractivity contribution in [1.29, 1.82) is 0 Å². The summed E-state index contributed by atoms with van der Waals surface area (Å²) < 4.78 is 1.65. The Kier molecular flexibility index (Phi) is 2.97. The van der Waals surface area contributed by atoms with E-state index >= 15 is 0 Å². The molecule has 9 heteroatoms. The van der Waals surface area contributed by atoms with Crippen molar-refractivity contribution in [1.82, 2.24) is 24.7 Å². The van der Waals surface area contributed by atoms with Gasteiger partial charge in [0.05, 0.1) is 6.33 Å². The Morgan fingerprint density at radius 1 is 1.50 bits per heavy atom. The zero-order valence-electron chi connectivity index (χ0n) is 8.02. The van der Waals surface area contributed by atoms with Gasteiger partial charge in [0, 0.05) is 7.05 Å². The highest BCUT2D eigenvalue weighted by Gasteiger charge is 2.11. The van der Waals surface area contributed by atoms with Crippen molar-refractivity contribution < 1.29 is 0 Å². The summed E-state index contributed by atoms with van der Waals surface area (Å²) in [4.78, 5) is 28.8. The van der Waals surface area contributed by atoms with Crippen molar-refractivity contribution in [3.05, 3.63) is 31.6 Å². The van der Waals surface area contributed by atoms with Gasteiger partial charge in [0.1, 0.15) is 9.50 Å². The van der Waals surface area contributed by atoms with Crippen LogP contribution in [0.1, 0.15) is 0 Å². The van der Waals surface area contributed by atoms with Crippen molar-refractivity contribution in [2.75, 3.05) is 0 Å². The van der Waals surface area contributed by atoms with E-state index in [2.05, 4.69) is 36.1 Å². The fourth-order valence-electron chi connectivity index (χ4n) is 0.948. The van der Waals surface area contributed by atoms with Gasteiger partial charge in [-0.3, -0.25) is 9.36 Å². The molecule has 0 fully saturated rings. The van der Waals surface area contributed by atoms with Gasteiger partial charge >= 0.3 is 5.69 Å². The fraction of sp³-hybridized carbons (Fsp3) is 0.143. The topological polar surface area (TPSA) is 96.4 Å². The summed E-state index contributed by atoms with van der Waals surface area (Å²) in [5.41, 5.74) is -0.596. The molecule has 0 bridgehead atoms. The van der Waals surface area contributed by atoms with E-state index in [1.54, 1.807) is 7.05 Å². The standard InChI is InChI=1S/C7H6BrN5O2S/c1-13-6(15)11-12-7(13)16-5-3(8)4(14)9-2-10-5/h2H,1H3,(H,11,15)(H,9,10,14). The van der Waals surface area contributed by atoms with Crippen LogP contribution in [0.2, 0.25) is 0 Å². The van der Waals surface area contributed by atoms with Crippen LogP contribution in [0, 0.1) is 0 Å². The predicted octanol–water partition coefficient (Wildman–Crippen LogP) is 0.105. The molecule has 7 nitrogen and oxygen atoms in total. The minimum Gasteiger partial charge on any atom is -0.312 e. The van der Waals surface area contributed by atoms with Crippen molar-refractivity contribution in [3.8, 4) is 0 Å². The lowest BCUT2D eigenvalue weighted by Crippen LogP contribution is -2.13. The lowest BCUT2D eigenvalue weighted by atomic mass is 10.7. The van der Waals surface area contributed by atoms with Crippen molar-refractivity contribution in [2.45, 2.75) is 10.2 Å². The molecule has 2 heterocycles. The highest BCUT2D eigenvalue weighted by atomic mass is 79.9. The number of H-pyrrole nitrogens is 2. The molecule has 2 aromatic heterocycles. The Hall–Kier alpha value is -1.35. The van der Waals surface area contributed by atoms with Crippen LogP contribution in [0.4, 0.5) is 0 Å². The van der Waals surface area contributed by atoms with Crippen molar-refractivity contribution >= 4 is 27.7 Å². The molecular weight excluding hydrogens is 298 g/mol. The van der Waals surface area contributed by atoms with Gasteiger partial charge in [0.2, 0.25) is 0 Å². The number of rotatable bonds is 2. The maximum Gasteiger partial charge on any atom is 0.343 e. The third kappa shape index (κ3) is 1.95. The number of aromatic nitrogens is 5. The van der Waals surface area contributed by atoms with Crippen LogP contribution in [0.25, 0.3) is 0 Å². The molecule has 0 atom stereocenters. The van der Waals surface area contributed by atoms with Crippen LogP contribution in [0.5, 0.6) is 0 Å². The zero-order chi connectivity index (χ0) is 11.7. The van der Waals surface area contributed by atoms with E-state index in [1.807, 2.05) is 0 Å². The summed E-state index contributed by atoms with van der Waals surface area (Å²) in [6.07, 6.45) is 1.29. The molecule has 0 saturated heterocycles. The minimum absolute atomic E-state index is 0.280. The second-order valence-electron chi connectivity index (χ2n) is 2.82. The van der Waals surface area contributed by atoms with E-state index in [4.69, 9.17) is 0 Å². The van der Waals surface area contributed by atoms with Gasteiger partial charge in [-0.1, -0.05) is 0 Å². The molecule has 16 heavy (non-hydrogen) atoms. The first-order valence-electron chi connectivity index (χ1n) is 4.12. The van der Waals surface area contributed by atoms with Crippen molar-refractivity contribution in [3.63, 3.8) is 0 Å². The average Bonchev–Trinajstić information content (AvgIpc) is 2.57. The molecule has 0 aliphatic rings. The number of halogens is 1. The monoisotopic (exact) mass is 303 g/mol. The van der Waals surface area contributed by atoms with Crippen molar-refractivity contribution in [2.24, 2.45) is 7.05 Å². The molecule has 0 aliphatic heterocycles. The van der Waals surface area contributed by atoms with Crippen LogP contribution in [0.3, 0.4) is 0 Å². The van der Waals surface area contributed by atoms with Gasteiger partial charge in [-0.05, 0) is 27.7 Å². The molecule has 0 saturated carbocycles. The lowest BCUT2D eigenvalue weighted by Gasteiger charge is -2.00. The van der Waals surface area contributed by atoms with Gasteiger partial charge in [-0.2, -0.15) is 0 Å². The van der Waals surface area contributed by atoms with Gasteiger partial charge < -0.3 is 4.98 Å². The molecule has 0 unspecified atom stereocenters. The summed E-state index contributed by atoms with van der Waals surface area (Å²) >= 11 is 4.24. The molecule has 2 N–H and O–H groups in total. The quantitative estimate of drug-likeness (QED) is 0.767. The predicted molar refractivity (Wildman–Crippen MR) is 60.5 cm³/mol. The van der Waals surface area contributed by atoms with Crippen LogP contribution < -0.4 is 11.2 Å². The van der Waals surface area contributed by atoms with Gasteiger partial charge in [-0.15, -0.1) is 5.10 Å². The van der Waals surface area contributed by atoms with E-state index in [9.17, 15) is 9.59 Å². The summed E-state index contributed by atoms with van der Waals surface area (Å²) in [6, 6.07) is 0. The fourth-order valence-corrected chi connectivity index (χ4v) is 2.18. The molecule has 0 spiro atoms. The Morgan fingerprint density at radius 2 is 2.25 bits per heavy atom. The molecular formula is C7H6BrN5O2S. The lowest BCUT2D eigenvalue weighted by molar-refractivity contribution is 0.764. The molecule has 0 radical (unpaired) electrons. The van der Waals surface area contributed by atoms with Gasteiger partial charge in [0.25, 0.3) is 5.56 Å². The third-order valence-corrected chi connectivity index (χ3v) is 3.84. The number of hydrogen-bond donors (Lipinski definition) is 2. The van der Waals surface area contributed by atoms with Crippen LogP contribution >= 0.6 is 27.7 Å². The van der Waals surface area contributed by atoms with E-state index in [0.717, 1.165) is 11.8 Å². The molecule has 2 rings (SSSR count). The van der Waals surface area contributed by atoms with E-state index in [0.29, 0.717) is 14.7 Å². The first-order valence-corrected chi connectivity index (χ1v) is 5.73. The number of aromatic amines is 2. The summed E-state index contributed by atoms with van der Waals surface area (Å²) in [5.74, 6) is 0. The Balaban J connectivity index is 2.42. The Morgan fingerprint density at radius 3 is 2.88 bits per heavy atom. The third-order valence-electron chi connectivity index (χ3n) is 1.79. The first kappa shape index (κ1) is 11.1. The number of hydrogen-bond acceptors (Lipinski definition) is 5. The minimum atomic E-state index is -0.316. The highest BCUT2D eigenvalue weighted by molar-refractivity contribution is 9.10. The van der Waals surface area contributed by atoms with Gasteiger partial charge in [0.15, 0.2) is 5.16 Å². The first-order chi connectivity index (χ1) is 7.59. The van der Waals surface area contributed by atoms with E-state index < -0.39 is 0 Å². The molecule has 0 amide bonds. The number of nitrogens with one attached hydrogen (secondary N) is 2. The maximum atomic E-state index is 11.3. The average molecular weight is 304 g/mol. The SMILES string of the molecule is Cn1c(Sc2nc[nH]c(=O)c2Br)n[nH]c1=O. The van der Waals surface area contributed by atoms with Gasteiger partial charge in [-0.25, -0.2) is 14.9 Å². The zero-order valence-corrected chi connectivity index (χ0v) is 10.4. The largest absolute Gasteiger partial charge is 0.343 e. The van der Waals surface area contributed by atoms with Crippen LogP contribution in [-0.4, -0.2) is 24.7 Å². The smallest absolute Gasteiger partial charge is 0.312 e. The second kappa shape index (κ2) is 4.26. The Labute approximate surface area is 101 Å². The molecule has 0 aromatic carbocycles. The number of nitrogens with zero attached hydrogens (tertiary/aromatic N) is 3. The summed E-state index contributed by atoms with van der Waals surface area (Å²) in [7, 11) is 1.58.